The van der Waals surface area contributed by atoms with E-state index in [2.05, 4.69) is 13.8 Å². The zero-order valence-corrected chi connectivity index (χ0v) is 12.4. The van der Waals surface area contributed by atoms with Crippen LogP contribution in [-0.4, -0.2) is 12.6 Å². The lowest BCUT2D eigenvalue weighted by Gasteiger charge is -2.13. The molecule has 2 unspecified atom stereocenters. The fraction of sp³-hybridized carbons (Fsp3) is 0.562. The van der Waals surface area contributed by atoms with Gasteiger partial charge in [-0.2, -0.15) is 0 Å². The second-order valence-corrected chi connectivity index (χ2v) is 6.01. The maximum Gasteiger partial charge on any atom is 0.338 e. The van der Waals surface area contributed by atoms with Crippen molar-refractivity contribution in [3.63, 3.8) is 0 Å². The Labute approximate surface area is 120 Å². The van der Waals surface area contributed by atoms with Crippen molar-refractivity contribution in [3.05, 3.63) is 34.9 Å². The van der Waals surface area contributed by atoms with Gasteiger partial charge in [-0.1, -0.05) is 37.9 Å². The standard InChI is InChI=1S/C16H21ClO2/c1-3-16(11-12(16)2)8-5-9-19-15(18)13-6-4-7-14(17)10-13/h4,6-7,10,12H,3,5,8-9,11H2,1-2H3. The van der Waals surface area contributed by atoms with Gasteiger partial charge >= 0.3 is 5.97 Å². The normalized spacial score (nSPS) is 25.1. The number of ether oxygens (including phenoxy) is 1. The average molecular weight is 281 g/mol. The molecule has 2 rings (SSSR count). The van der Waals surface area contributed by atoms with Gasteiger partial charge in [0.15, 0.2) is 0 Å². The molecule has 1 aromatic rings. The molecule has 0 bridgehead atoms. The van der Waals surface area contributed by atoms with Crippen LogP contribution in [0.5, 0.6) is 0 Å². The predicted octanol–water partition coefficient (Wildman–Crippen LogP) is 4.71. The molecule has 0 saturated heterocycles. The number of carbonyl (C=O) groups is 1. The van der Waals surface area contributed by atoms with Gasteiger partial charge in [-0.05, 0) is 48.8 Å². The van der Waals surface area contributed by atoms with Crippen molar-refractivity contribution in [3.8, 4) is 0 Å². The molecular weight excluding hydrogens is 260 g/mol. The maximum absolute atomic E-state index is 11.8. The zero-order valence-electron chi connectivity index (χ0n) is 11.6. The van der Waals surface area contributed by atoms with Crippen molar-refractivity contribution in [2.45, 2.75) is 39.5 Å². The molecule has 0 heterocycles. The van der Waals surface area contributed by atoms with E-state index in [1.54, 1.807) is 24.3 Å². The molecule has 2 nitrogen and oxygen atoms in total. The van der Waals surface area contributed by atoms with Crippen LogP contribution in [0.15, 0.2) is 24.3 Å². The lowest BCUT2D eigenvalue weighted by Crippen LogP contribution is -2.09. The minimum Gasteiger partial charge on any atom is -0.462 e. The van der Waals surface area contributed by atoms with Gasteiger partial charge in [-0.3, -0.25) is 0 Å². The number of hydrogen-bond acceptors (Lipinski definition) is 2. The summed E-state index contributed by atoms with van der Waals surface area (Å²) in [7, 11) is 0. The Hall–Kier alpha value is -1.02. The Morgan fingerprint density at radius 1 is 1.53 bits per heavy atom. The van der Waals surface area contributed by atoms with Crippen LogP contribution in [-0.2, 0) is 4.74 Å². The molecular formula is C16H21ClO2. The van der Waals surface area contributed by atoms with Crippen LogP contribution in [0.25, 0.3) is 0 Å². The molecule has 19 heavy (non-hydrogen) atoms. The van der Waals surface area contributed by atoms with Crippen molar-refractivity contribution in [1.82, 2.24) is 0 Å². The number of rotatable bonds is 6. The van der Waals surface area contributed by atoms with E-state index in [4.69, 9.17) is 16.3 Å². The number of carbonyl (C=O) groups excluding carboxylic acids is 1. The van der Waals surface area contributed by atoms with E-state index in [0.717, 1.165) is 18.8 Å². The van der Waals surface area contributed by atoms with Crippen molar-refractivity contribution in [2.24, 2.45) is 11.3 Å². The molecule has 104 valence electrons. The second-order valence-electron chi connectivity index (χ2n) is 5.57. The van der Waals surface area contributed by atoms with Gasteiger partial charge in [0, 0.05) is 5.02 Å². The molecule has 1 aromatic carbocycles. The molecule has 3 heteroatoms. The molecule has 2 atom stereocenters. The number of halogens is 1. The molecule has 1 fully saturated rings. The van der Waals surface area contributed by atoms with E-state index < -0.39 is 0 Å². The van der Waals surface area contributed by atoms with Crippen molar-refractivity contribution in [2.75, 3.05) is 6.61 Å². The van der Waals surface area contributed by atoms with Gasteiger partial charge < -0.3 is 4.74 Å². The van der Waals surface area contributed by atoms with Gasteiger partial charge in [0.05, 0.1) is 12.2 Å². The van der Waals surface area contributed by atoms with Gasteiger partial charge in [-0.25, -0.2) is 4.79 Å². The first kappa shape index (κ1) is 14.4. The van der Waals surface area contributed by atoms with Crippen molar-refractivity contribution >= 4 is 17.6 Å². The van der Waals surface area contributed by atoms with E-state index in [9.17, 15) is 4.79 Å². The summed E-state index contributed by atoms with van der Waals surface area (Å²) in [5.41, 5.74) is 1.06. The smallest absolute Gasteiger partial charge is 0.338 e. The molecule has 0 radical (unpaired) electrons. The highest BCUT2D eigenvalue weighted by atomic mass is 35.5. The molecule has 1 saturated carbocycles. The van der Waals surface area contributed by atoms with E-state index >= 15 is 0 Å². The number of benzene rings is 1. The van der Waals surface area contributed by atoms with Gasteiger partial charge in [0.25, 0.3) is 0 Å². The highest BCUT2D eigenvalue weighted by molar-refractivity contribution is 6.30. The summed E-state index contributed by atoms with van der Waals surface area (Å²) >= 11 is 5.85. The van der Waals surface area contributed by atoms with E-state index in [-0.39, 0.29) is 5.97 Å². The fourth-order valence-electron chi connectivity index (χ4n) is 2.86. The monoisotopic (exact) mass is 280 g/mol. The minimum absolute atomic E-state index is 0.281. The highest BCUT2D eigenvalue weighted by Gasteiger charge is 2.48. The van der Waals surface area contributed by atoms with Gasteiger partial charge in [0.1, 0.15) is 0 Å². The maximum atomic E-state index is 11.8. The molecule has 1 aliphatic rings. The van der Waals surface area contributed by atoms with Crippen LogP contribution in [0.2, 0.25) is 5.02 Å². The summed E-state index contributed by atoms with van der Waals surface area (Å²) in [6, 6.07) is 6.87. The minimum atomic E-state index is -0.281. The summed E-state index contributed by atoms with van der Waals surface area (Å²) in [5, 5.41) is 0.561. The van der Waals surface area contributed by atoms with Crippen LogP contribution in [0.4, 0.5) is 0 Å². The average Bonchev–Trinajstić information content (AvgIpc) is 3.05. The number of hydrogen-bond donors (Lipinski definition) is 0. The third-order valence-corrected chi connectivity index (χ3v) is 4.65. The summed E-state index contributed by atoms with van der Waals surface area (Å²) in [6.45, 7) is 5.06. The zero-order chi connectivity index (χ0) is 13.9. The first-order valence-electron chi connectivity index (χ1n) is 7.00. The summed E-state index contributed by atoms with van der Waals surface area (Å²) in [4.78, 5) is 11.8. The van der Waals surface area contributed by atoms with Crippen molar-refractivity contribution in [1.29, 1.82) is 0 Å². The lowest BCUT2D eigenvalue weighted by molar-refractivity contribution is 0.0490. The predicted molar refractivity (Wildman–Crippen MR) is 77.5 cm³/mol. The molecule has 0 spiro atoms. The highest BCUT2D eigenvalue weighted by Crippen LogP contribution is 2.57. The van der Waals surface area contributed by atoms with E-state index in [0.29, 0.717) is 22.6 Å². The summed E-state index contributed by atoms with van der Waals surface area (Å²) < 4.78 is 5.29. The largest absolute Gasteiger partial charge is 0.462 e. The Morgan fingerprint density at radius 3 is 2.84 bits per heavy atom. The number of esters is 1. The topological polar surface area (TPSA) is 26.3 Å². The van der Waals surface area contributed by atoms with E-state index in [1.807, 2.05) is 0 Å². The summed E-state index contributed by atoms with van der Waals surface area (Å²) in [6.07, 6.45) is 4.67. The lowest BCUT2D eigenvalue weighted by atomic mass is 9.95. The quantitative estimate of drug-likeness (QED) is 0.557. The van der Waals surface area contributed by atoms with Crippen LogP contribution in [0.1, 0.15) is 49.9 Å². The Morgan fingerprint density at radius 2 is 2.26 bits per heavy atom. The first-order valence-corrected chi connectivity index (χ1v) is 7.38. The van der Waals surface area contributed by atoms with Crippen LogP contribution < -0.4 is 0 Å². The van der Waals surface area contributed by atoms with Crippen LogP contribution in [0.3, 0.4) is 0 Å². The third kappa shape index (κ3) is 3.50. The van der Waals surface area contributed by atoms with Crippen LogP contribution in [0, 0.1) is 11.3 Å². The van der Waals surface area contributed by atoms with Gasteiger partial charge in [-0.15, -0.1) is 0 Å². The first-order chi connectivity index (χ1) is 9.07. The molecule has 0 N–H and O–H groups in total. The van der Waals surface area contributed by atoms with Crippen LogP contribution >= 0.6 is 11.6 Å². The van der Waals surface area contributed by atoms with Crippen molar-refractivity contribution < 1.29 is 9.53 Å². The third-order valence-electron chi connectivity index (χ3n) is 4.41. The Balaban J connectivity index is 1.73. The van der Waals surface area contributed by atoms with Gasteiger partial charge in [0.2, 0.25) is 0 Å². The molecule has 1 aliphatic carbocycles. The molecule has 0 amide bonds. The molecule has 0 aliphatic heterocycles. The summed E-state index contributed by atoms with van der Waals surface area (Å²) in [5.74, 6) is 0.554. The molecule has 0 aromatic heterocycles. The fourth-order valence-corrected chi connectivity index (χ4v) is 3.05. The van der Waals surface area contributed by atoms with E-state index in [1.165, 1.54) is 12.8 Å². The Kier molecular flexibility index (Phi) is 4.51. The Bertz CT molecular complexity index is 454. The second kappa shape index (κ2) is 5.96. The SMILES string of the molecule is CCC1(CCCOC(=O)c2cccc(Cl)c2)CC1C.